The van der Waals surface area contributed by atoms with Gasteiger partial charge in [0.15, 0.2) is 5.82 Å². The summed E-state index contributed by atoms with van der Waals surface area (Å²) in [7, 11) is 0. The first-order valence-electron chi connectivity index (χ1n) is 19.8. The van der Waals surface area contributed by atoms with Crippen molar-refractivity contribution < 1.29 is 0 Å². The molecule has 0 saturated heterocycles. The van der Waals surface area contributed by atoms with E-state index in [-0.39, 0.29) is 0 Å². The van der Waals surface area contributed by atoms with E-state index >= 15 is 0 Å². The molecule has 11 rings (SSSR count). The Hall–Kier alpha value is -8.02. The van der Waals surface area contributed by atoms with Gasteiger partial charge in [0.1, 0.15) is 5.65 Å². The van der Waals surface area contributed by atoms with Crippen LogP contribution in [0.3, 0.4) is 0 Å². The van der Waals surface area contributed by atoms with E-state index < -0.39 is 0 Å². The van der Waals surface area contributed by atoms with Gasteiger partial charge in [-0.05, 0) is 70.8 Å². The molecule has 0 N–H and O–H groups in total. The van der Waals surface area contributed by atoms with Gasteiger partial charge >= 0.3 is 0 Å². The van der Waals surface area contributed by atoms with Gasteiger partial charge in [-0.1, -0.05) is 164 Å². The summed E-state index contributed by atoms with van der Waals surface area (Å²) >= 11 is 0. The summed E-state index contributed by atoms with van der Waals surface area (Å²) in [4.78, 5) is 21.0. The predicted octanol–water partition coefficient (Wildman–Crippen LogP) is 13.5. The van der Waals surface area contributed by atoms with Crippen LogP contribution >= 0.6 is 0 Å². The molecule has 276 valence electrons. The number of nitrogens with zero attached hydrogens (tertiary/aromatic N) is 5. The average molecular weight is 754 g/mol. The standard InChI is InChI=1S/C54H35N5/c1-4-17-36(18-5-1)50-49-45-29-10-13-32-48(45)59(44-27-8-3-9-28-44)54(49)58-53(57-50)43-26-16-24-41(35-43)39-22-14-21-38(33-39)40-23-15-25-42(34-40)52-51(37-19-6-2-7-20-37)55-46-30-11-12-31-47(46)56-52/h1-35H. The molecule has 0 aliphatic carbocycles. The van der Waals surface area contributed by atoms with Crippen molar-refractivity contribution in [3.05, 3.63) is 212 Å². The van der Waals surface area contributed by atoms with Gasteiger partial charge < -0.3 is 0 Å². The molecule has 11 aromatic rings. The van der Waals surface area contributed by atoms with Crippen LogP contribution in [0, 0.1) is 0 Å². The summed E-state index contributed by atoms with van der Waals surface area (Å²) in [5, 5.41) is 2.16. The van der Waals surface area contributed by atoms with Crippen molar-refractivity contribution in [2.45, 2.75) is 0 Å². The maximum Gasteiger partial charge on any atom is 0.162 e. The van der Waals surface area contributed by atoms with E-state index in [0.717, 1.165) is 100 Å². The topological polar surface area (TPSA) is 56.5 Å². The Bertz CT molecular complexity index is 3320. The zero-order valence-electron chi connectivity index (χ0n) is 31.9. The van der Waals surface area contributed by atoms with E-state index in [4.69, 9.17) is 19.9 Å². The number of rotatable bonds is 7. The highest BCUT2D eigenvalue weighted by Gasteiger charge is 2.21. The van der Waals surface area contributed by atoms with Crippen molar-refractivity contribution in [3.8, 4) is 73.1 Å². The minimum Gasteiger partial charge on any atom is -0.294 e. The minimum atomic E-state index is 0.674. The highest BCUT2D eigenvalue weighted by molar-refractivity contribution is 6.14. The molecule has 0 spiro atoms. The molecule has 0 fully saturated rings. The number of hydrogen-bond donors (Lipinski definition) is 0. The predicted molar refractivity (Wildman–Crippen MR) is 242 cm³/mol. The van der Waals surface area contributed by atoms with Crippen LogP contribution in [-0.4, -0.2) is 24.5 Å². The first kappa shape index (κ1) is 34.2. The third-order valence-corrected chi connectivity index (χ3v) is 11.0. The summed E-state index contributed by atoms with van der Waals surface area (Å²) in [6.45, 7) is 0. The molecule has 0 amide bonds. The van der Waals surface area contributed by atoms with E-state index in [1.165, 1.54) is 0 Å². The highest BCUT2D eigenvalue weighted by atomic mass is 15.1. The van der Waals surface area contributed by atoms with Crippen molar-refractivity contribution >= 4 is 33.0 Å². The molecule has 0 atom stereocenters. The van der Waals surface area contributed by atoms with E-state index in [0.29, 0.717) is 5.82 Å². The Balaban J connectivity index is 1.02. The molecule has 3 heterocycles. The summed E-state index contributed by atoms with van der Waals surface area (Å²) in [5.74, 6) is 0.674. The summed E-state index contributed by atoms with van der Waals surface area (Å²) in [6.07, 6.45) is 0. The quantitative estimate of drug-likeness (QED) is 0.163. The van der Waals surface area contributed by atoms with E-state index in [9.17, 15) is 0 Å². The molecule has 5 heteroatoms. The van der Waals surface area contributed by atoms with Crippen LogP contribution in [0.25, 0.3) is 106 Å². The normalized spacial score (nSPS) is 11.4. The molecule has 0 bridgehead atoms. The number of para-hydroxylation sites is 4. The van der Waals surface area contributed by atoms with Crippen molar-refractivity contribution in [2.24, 2.45) is 0 Å². The van der Waals surface area contributed by atoms with Gasteiger partial charge in [0.25, 0.3) is 0 Å². The molecule has 0 aliphatic rings. The maximum absolute atomic E-state index is 5.37. The second-order valence-corrected chi connectivity index (χ2v) is 14.7. The van der Waals surface area contributed by atoms with Gasteiger partial charge in [-0.15, -0.1) is 0 Å². The van der Waals surface area contributed by atoms with E-state index in [1.54, 1.807) is 0 Å². The Kier molecular flexibility index (Phi) is 8.41. The van der Waals surface area contributed by atoms with Crippen molar-refractivity contribution in [1.29, 1.82) is 0 Å². The lowest BCUT2D eigenvalue weighted by atomic mass is 9.95. The molecule has 0 unspecified atom stereocenters. The molecule has 3 aromatic heterocycles. The van der Waals surface area contributed by atoms with Gasteiger partial charge in [-0.2, -0.15) is 0 Å². The lowest BCUT2D eigenvalue weighted by molar-refractivity contribution is 1.11. The van der Waals surface area contributed by atoms with Crippen molar-refractivity contribution in [2.75, 3.05) is 0 Å². The summed E-state index contributed by atoms with van der Waals surface area (Å²) in [5.41, 5.74) is 15.9. The molecular weight excluding hydrogens is 719 g/mol. The lowest BCUT2D eigenvalue weighted by Crippen LogP contribution is -1.99. The smallest absolute Gasteiger partial charge is 0.162 e. The summed E-state index contributed by atoms with van der Waals surface area (Å²) < 4.78 is 2.26. The monoisotopic (exact) mass is 753 g/mol. The number of aromatic nitrogens is 5. The average Bonchev–Trinajstić information content (AvgIpc) is 3.66. The summed E-state index contributed by atoms with van der Waals surface area (Å²) in [6, 6.07) is 73.7. The third kappa shape index (κ3) is 6.22. The molecule has 0 saturated carbocycles. The number of benzene rings is 8. The Morgan fingerprint density at radius 1 is 0.305 bits per heavy atom. The fourth-order valence-electron chi connectivity index (χ4n) is 8.19. The fourth-order valence-corrected chi connectivity index (χ4v) is 8.19. The largest absolute Gasteiger partial charge is 0.294 e. The minimum absolute atomic E-state index is 0.674. The van der Waals surface area contributed by atoms with Crippen LogP contribution in [0.4, 0.5) is 0 Å². The zero-order valence-corrected chi connectivity index (χ0v) is 31.9. The van der Waals surface area contributed by atoms with Gasteiger partial charge in [-0.25, -0.2) is 19.9 Å². The van der Waals surface area contributed by atoms with Crippen LogP contribution in [0.2, 0.25) is 0 Å². The molecular formula is C54H35N5. The van der Waals surface area contributed by atoms with E-state index in [2.05, 4.69) is 162 Å². The Labute approximate surface area is 341 Å². The van der Waals surface area contributed by atoms with Crippen LogP contribution in [0.15, 0.2) is 212 Å². The van der Waals surface area contributed by atoms with Crippen molar-refractivity contribution in [1.82, 2.24) is 24.5 Å². The van der Waals surface area contributed by atoms with Crippen LogP contribution < -0.4 is 0 Å². The number of fused-ring (bicyclic) bond motifs is 4. The van der Waals surface area contributed by atoms with Gasteiger partial charge in [0.05, 0.1) is 39.0 Å². The zero-order chi connectivity index (χ0) is 39.1. The second kappa shape index (κ2) is 14.5. The molecule has 0 radical (unpaired) electrons. The second-order valence-electron chi connectivity index (χ2n) is 14.7. The van der Waals surface area contributed by atoms with Crippen LogP contribution in [-0.2, 0) is 0 Å². The lowest BCUT2D eigenvalue weighted by Gasteiger charge is -2.13. The van der Waals surface area contributed by atoms with Crippen LogP contribution in [0.5, 0.6) is 0 Å². The van der Waals surface area contributed by atoms with E-state index in [1.807, 2.05) is 54.6 Å². The Morgan fingerprint density at radius 2 is 0.746 bits per heavy atom. The molecule has 0 aliphatic heterocycles. The third-order valence-electron chi connectivity index (χ3n) is 11.0. The van der Waals surface area contributed by atoms with Gasteiger partial charge in [-0.3, -0.25) is 4.57 Å². The van der Waals surface area contributed by atoms with Gasteiger partial charge in [0, 0.05) is 33.3 Å². The SMILES string of the molecule is c1ccc(-c2nc3ccccc3nc2-c2cccc(-c3cccc(-c4cccc(-c5nc(-c6ccccc6)c6c7ccccc7n(-c7ccccc7)c6n5)c4)c3)c2)cc1. The molecule has 5 nitrogen and oxygen atoms in total. The first-order chi connectivity index (χ1) is 29.2. The van der Waals surface area contributed by atoms with Gasteiger partial charge in [0.2, 0.25) is 0 Å². The molecule has 59 heavy (non-hydrogen) atoms. The highest BCUT2D eigenvalue weighted by Crippen LogP contribution is 2.39. The van der Waals surface area contributed by atoms with Crippen molar-refractivity contribution in [3.63, 3.8) is 0 Å². The molecule has 8 aromatic carbocycles. The Morgan fingerprint density at radius 3 is 1.37 bits per heavy atom. The fraction of sp³-hybridized carbons (Fsp3) is 0. The maximum atomic E-state index is 5.37. The first-order valence-corrected chi connectivity index (χ1v) is 19.8. The van der Waals surface area contributed by atoms with Crippen LogP contribution in [0.1, 0.15) is 0 Å². The number of hydrogen-bond acceptors (Lipinski definition) is 4.